The van der Waals surface area contributed by atoms with Crippen LogP contribution >= 0.6 is 11.3 Å². The van der Waals surface area contributed by atoms with Crippen molar-refractivity contribution in [3.05, 3.63) is 47.4 Å². The Kier molecular flexibility index (Phi) is 2.26. The molecular weight excluding hydrogens is 239 g/mol. The molecule has 0 unspecified atom stereocenters. The van der Waals surface area contributed by atoms with Gasteiger partial charge in [0.15, 0.2) is 11.2 Å². The van der Waals surface area contributed by atoms with E-state index in [1.54, 1.807) is 18.3 Å². The average Bonchev–Trinajstić information content (AvgIpc) is 2.89. The number of carbonyl (C=O) groups excluding carboxylic acids is 1. The number of imidazole rings is 1. The second-order valence-corrected chi connectivity index (χ2v) is 4.40. The average molecular weight is 246 g/mol. The highest BCUT2D eigenvalue weighted by Crippen LogP contribution is 2.26. The number of aldehydes is 1. The highest BCUT2D eigenvalue weighted by molar-refractivity contribution is 7.15. The van der Waals surface area contributed by atoms with Gasteiger partial charge in [0.2, 0.25) is 0 Å². The molecule has 0 fully saturated rings. The smallest absolute Gasteiger partial charge is 0.194 e. The van der Waals surface area contributed by atoms with E-state index in [1.165, 1.54) is 23.5 Å². The summed E-state index contributed by atoms with van der Waals surface area (Å²) < 4.78 is 14.7. The second-order valence-electron chi connectivity index (χ2n) is 3.56. The predicted molar refractivity (Wildman–Crippen MR) is 63.9 cm³/mol. The number of benzene rings is 1. The van der Waals surface area contributed by atoms with Crippen LogP contribution in [-0.2, 0) is 0 Å². The molecule has 1 aromatic carbocycles. The molecule has 0 radical (unpaired) electrons. The van der Waals surface area contributed by atoms with E-state index in [-0.39, 0.29) is 5.82 Å². The zero-order valence-electron chi connectivity index (χ0n) is 8.63. The Balaban J connectivity index is 2.19. The molecule has 3 rings (SSSR count). The molecule has 2 aromatic heterocycles. The van der Waals surface area contributed by atoms with Crippen molar-refractivity contribution in [1.82, 2.24) is 9.38 Å². The molecule has 0 spiro atoms. The lowest BCUT2D eigenvalue weighted by molar-refractivity contribution is 0.111. The maximum Gasteiger partial charge on any atom is 0.194 e. The number of aromatic nitrogens is 2. The maximum absolute atomic E-state index is 12.8. The fourth-order valence-corrected chi connectivity index (χ4v) is 2.58. The van der Waals surface area contributed by atoms with E-state index >= 15 is 0 Å². The van der Waals surface area contributed by atoms with Gasteiger partial charge in [-0.15, -0.1) is 11.3 Å². The molecule has 0 saturated carbocycles. The van der Waals surface area contributed by atoms with Crippen molar-refractivity contribution in [2.45, 2.75) is 0 Å². The number of halogens is 1. The summed E-state index contributed by atoms with van der Waals surface area (Å²) in [6.45, 7) is 0. The molecule has 0 N–H and O–H groups in total. The number of thiazole rings is 1. The molecule has 0 atom stereocenters. The number of nitrogens with zero attached hydrogens (tertiary/aromatic N) is 2. The Bertz CT molecular complexity index is 684. The molecule has 0 aliphatic rings. The number of rotatable bonds is 2. The van der Waals surface area contributed by atoms with Crippen molar-refractivity contribution >= 4 is 22.6 Å². The summed E-state index contributed by atoms with van der Waals surface area (Å²) in [6.07, 6.45) is 2.39. The van der Waals surface area contributed by atoms with Crippen molar-refractivity contribution in [3.8, 4) is 11.3 Å². The summed E-state index contributed by atoms with van der Waals surface area (Å²) in [5.74, 6) is -0.264. The molecule has 0 aliphatic carbocycles. The summed E-state index contributed by atoms with van der Waals surface area (Å²) in [7, 11) is 0. The minimum atomic E-state index is -0.264. The molecule has 0 aliphatic heterocycles. The summed E-state index contributed by atoms with van der Waals surface area (Å²) in [4.78, 5) is 15.5. The number of hydrogen-bond acceptors (Lipinski definition) is 3. The summed E-state index contributed by atoms with van der Waals surface area (Å²) in [6, 6.07) is 6.24. The third-order valence-electron chi connectivity index (χ3n) is 2.49. The van der Waals surface area contributed by atoms with Gasteiger partial charge in [0.05, 0.1) is 5.69 Å². The van der Waals surface area contributed by atoms with Gasteiger partial charge in [-0.25, -0.2) is 9.37 Å². The summed E-state index contributed by atoms with van der Waals surface area (Å²) >= 11 is 1.45. The molecule has 3 aromatic rings. The lowest BCUT2D eigenvalue weighted by Gasteiger charge is -1.98. The van der Waals surface area contributed by atoms with Gasteiger partial charge in [-0.05, 0) is 29.8 Å². The van der Waals surface area contributed by atoms with Crippen LogP contribution in [0.15, 0.2) is 35.8 Å². The molecule has 0 bridgehead atoms. The van der Waals surface area contributed by atoms with Crippen molar-refractivity contribution in [2.24, 2.45) is 0 Å². The fraction of sp³-hybridized carbons (Fsp3) is 0. The third-order valence-corrected chi connectivity index (χ3v) is 3.33. The van der Waals surface area contributed by atoms with Gasteiger partial charge in [0, 0.05) is 11.6 Å². The first kappa shape index (κ1) is 10.2. The van der Waals surface area contributed by atoms with E-state index in [0.717, 1.165) is 16.2 Å². The van der Waals surface area contributed by atoms with Crippen LogP contribution in [0, 0.1) is 5.82 Å². The van der Waals surface area contributed by atoms with E-state index in [2.05, 4.69) is 4.98 Å². The van der Waals surface area contributed by atoms with Crippen molar-refractivity contribution in [2.75, 3.05) is 0 Å². The molecule has 3 nitrogen and oxygen atoms in total. The Labute approximate surface area is 100 Å². The summed E-state index contributed by atoms with van der Waals surface area (Å²) in [5, 5.41) is 1.93. The third kappa shape index (κ3) is 1.64. The minimum absolute atomic E-state index is 0.264. The largest absolute Gasteiger partial charge is 0.296 e. The fourth-order valence-electron chi connectivity index (χ4n) is 1.69. The quantitative estimate of drug-likeness (QED) is 0.651. The van der Waals surface area contributed by atoms with Crippen LogP contribution in [0.1, 0.15) is 10.5 Å². The van der Waals surface area contributed by atoms with Gasteiger partial charge in [0.1, 0.15) is 11.5 Å². The zero-order chi connectivity index (χ0) is 11.8. The first-order valence-electron chi connectivity index (χ1n) is 4.95. The van der Waals surface area contributed by atoms with E-state index in [4.69, 9.17) is 0 Å². The lowest BCUT2D eigenvalue weighted by Crippen LogP contribution is -1.84. The van der Waals surface area contributed by atoms with Gasteiger partial charge < -0.3 is 0 Å². The normalized spacial score (nSPS) is 10.9. The molecule has 0 saturated heterocycles. The minimum Gasteiger partial charge on any atom is -0.296 e. The lowest BCUT2D eigenvalue weighted by atomic mass is 10.2. The molecule has 0 amide bonds. The van der Waals surface area contributed by atoms with Crippen molar-refractivity contribution < 1.29 is 9.18 Å². The van der Waals surface area contributed by atoms with Gasteiger partial charge in [-0.2, -0.15) is 0 Å². The summed E-state index contributed by atoms with van der Waals surface area (Å²) in [5.41, 5.74) is 2.21. The predicted octanol–water partition coefficient (Wildman–Crippen LogP) is 3.01. The number of carbonyl (C=O) groups is 1. The van der Waals surface area contributed by atoms with Crippen LogP contribution in [0.3, 0.4) is 0 Å². The van der Waals surface area contributed by atoms with Crippen molar-refractivity contribution in [3.63, 3.8) is 0 Å². The van der Waals surface area contributed by atoms with Crippen LogP contribution in [0.5, 0.6) is 0 Å². The standard InChI is InChI=1S/C12H7FN2OS/c13-9-3-1-8(2-4-9)11-7-17-12-14-10(6-16)5-15(11)12/h1-7H. The van der Waals surface area contributed by atoms with E-state index in [1.807, 2.05) is 9.78 Å². The maximum atomic E-state index is 12.8. The highest BCUT2D eigenvalue weighted by Gasteiger charge is 2.09. The SMILES string of the molecule is O=Cc1cn2c(-c3ccc(F)cc3)csc2n1. The highest BCUT2D eigenvalue weighted by atomic mass is 32.1. The van der Waals surface area contributed by atoms with E-state index in [0.29, 0.717) is 12.0 Å². The van der Waals surface area contributed by atoms with E-state index < -0.39 is 0 Å². The Morgan fingerprint density at radius 1 is 1.29 bits per heavy atom. The molecule has 84 valence electrons. The number of fused-ring (bicyclic) bond motifs is 1. The topological polar surface area (TPSA) is 34.4 Å². The van der Waals surface area contributed by atoms with Crippen LogP contribution in [0.25, 0.3) is 16.2 Å². The van der Waals surface area contributed by atoms with Gasteiger partial charge in [-0.1, -0.05) is 0 Å². The van der Waals surface area contributed by atoms with Crippen LogP contribution < -0.4 is 0 Å². The number of hydrogen-bond donors (Lipinski definition) is 0. The Morgan fingerprint density at radius 2 is 2.06 bits per heavy atom. The molecule has 2 heterocycles. The van der Waals surface area contributed by atoms with Crippen LogP contribution in [0.4, 0.5) is 4.39 Å². The van der Waals surface area contributed by atoms with Gasteiger partial charge in [-0.3, -0.25) is 9.20 Å². The second kappa shape index (κ2) is 3.78. The van der Waals surface area contributed by atoms with Crippen LogP contribution in [-0.4, -0.2) is 15.7 Å². The zero-order valence-corrected chi connectivity index (χ0v) is 9.45. The van der Waals surface area contributed by atoms with Crippen molar-refractivity contribution in [1.29, 1.82) is 0 Å². The van der Waals surface area contributed by atoms with Gasteiger partial charge in [0.25, 0.3) is 0 Å². The van der Waals surface area contributed by atoms with Crippen LogP contribution in [0.2, 0.25) is 0 Å². The first-order valence-corrected chi connectivity index (χ1v) is 5.83. The molecular formula is C12H7FN2OS. The Morgan fingerprint density at radius 3 is 2.76 bits per heavy atom. The Hall–Kier alpha value is -2.01. The first-order chi connectivity index (χ1) is 8.28. The molecule has 5 heteroatoms. The molecule has 17 heavy (non-hydrogen) atoms. The van der Waals surface area contributed by atoms with E-state index in [9.17, 15) is 9.18 Å². The monoisotopic (exact) mass is 246 g/mol. The van der Waals surface area contributed by atoms with Gasteiger partial charge >= 0.3 is 0 Å².